The molecule has 3 N–H and O–H groups in total. The van der Waals surface area contributed by atoms with Crippen LogP contribution in [0, 0.1) is 5.92 Å². The summed E-state index contributed by atoms with van der Waals surface area (Å²) in [5.41, 5.74) is 1.43. The van der Waals surface area contributed by atoms with Crippen LogP contribution in [-0.2, 0) is 25.8 Å². The fraction of sp³-hybridized carbons (Fsp3) is 0.625. The molecule has 8 nitrogen and oxygen atoms in total. The van der Waals surface area contributed by atoms with Gasteiger partial charge in [-0.15, -0.1) is 10.2 Å². The Hall–Kier alpha value is -2.22. The van der Waals surface area contributed by atoms with Crippen LogP contribution in [0.2, 0.25) is 0 Å². The number of aromatic nitrogens is 5. The van der Waals surface area contributed by atoms with Gasteiger partial charge in [0.2, 0.25) is 0 Å². The Morgan fingerprint density at radius 1 is 1.38 bits per heavy atom. The predicted octanol–water partition coefficient (Wildman–Crippen LogP) is 0.318. The van der Waals surface area contributed by atoms with Crippen LogP contribution in [0.1, 0.15) is 41.7 Å². The molecule has 0 aliphatic carbocycles. The van der Waals surface area contributed by atoms with E-state index in [0.717, 1.165) is 49.8 Å². The molecule has 2 aromatic rings. The van der Waals surface area contributed by atoms with E-state index in [9.17, 15) is 4.79 Å². The van der Waals surface area contributed by atoms with Crippen LogP contribution in [0.25, 0.3) is 0 Å². The molecular formula is C16H25N7O. The Kier molecular flexibility index (Phi) is 5.24. The zero-order valence-corrected chi connectivity index (χ0v) is 14.3. The van der Waals surface area contributed by atoms with Gasteiger partial charge in [0.15, 0.2) is 0 Å². The number of hydrogen-bond donors (Lipinski definition) is 3. The van der Waals surface area contributed by atoms with Crippen molar-refractivity contribution in [3.8, 4) is 0 Å². The number of carbonyl (C=O) groups excluding carboxylic acids is 1. The van der Waals surface area contributed by atoms with Gasteiger partial charge in [-0.3, -0.25) is 9.89 Å². The van der Waals surface area contributed by atoms with Crippen LogP contribution in [0.4, 0.5) is 0 Å². The molecule has 130 valence electrons. The van der Waals surface area contributed by atoms with Crippen LogP contribution in [0.15, 0.2) is 6.07 Å². The van der Waals surface area contributed by atoms with Crippen LogP contribution in [0.5, 0.6) is 0 Å². The number of rotatable bonds is 6. The summed E-state index contributed by atoms with van der Waals surface area (Å²) in [4.78, 5) is 12.2. The lowest BCUT2D eigenvalue weighted by atomic mass is 10.1. The first kappa shape index (κ1) is 16.6. The third kappa shape index (κ3) is 4.00. The molecule has 3 heterocycles. The van der Waals surface area contributed by atoms with Crippen molar-refractivity contribution in [3.05, 3.63) is 29.1 Å². The average Bonchev–Trinajstić information content (AvgIpc) is 3.08. The Bertz CT molecular complexity index is 688. The Balaban J connectivity index is 1.52. The monoisotopic (exact) mass is 331 g/mol. The summed E-state index contributed by atoms with van der Waals surface area (Å²) in [6.07, 6.45) is 2.45. The predicted molar refractivity (Wildman–Crippen MR) is 89.8 cm³/mol. The molecule has 0 bridgehead atoms. The third-order valence-electron chi connectivity index (χ3n) is 4.07. The van der Waals surface area contributed by atoms with E-state index >= 15 is 0 Å². The molecule has 3 rings (SSSR count). The molecule has 2 aromatic heterocycles. The van der Waals surface area contributed by atoms with E-state index < -0.39 is 0 Å². The average molecular weight is 331 g/mol. The van der Waals surface area contributed by atoms with Gasteiger partial charge in [-0.05, 0) is 18.4 Å². The molecule has 0 fully saturated rings. The highest BCUT2D eigenvalue weighted by atomic mass is 16.1. The summed E-state index contributed by atoms with van der Waals surface area (Å²) < 4.78 is 2.15. The molecule has 0 aromatic carbocycles. The highest BCUT2D eigenvalue weighted by molar-refractivity contribution is 5.92. The van der Waals surface area contributed by atoms with Gasteiger partial charge in [-0.1, -0.05) is 13.8 Å². The van der Waals surface area contributed by atoms with Crippen LogP contribution >= 0.6 is 0 Å². The summed E-state index contributed by atoms with van der Waals surface area (Å²) in [7, 11) is 0. The van der Waals surface area contributed by atoms with Gasteiger partial charge >= 0.3 is 0 Å². The molecule has 24 heavy (non-hydrogen) atoms. The number of aromatic amines is 1. The number of hydrogen-bond acceptors (Lipinski definition) is 5. The van der Waals surface area contributed by atoms with E-state index in [1.54, 1.807) is 0 Å². The molecular weight excluding hydrogens is 306 g/mol. The number of fused-ring (bicyclic) bond motifs is 1. The van der Waals surface area contributed by atoms with Crippen molar-refractivity contribution < 1.29 is 4.79 Å². The van der Waals surface area contributed by atoms with Crippen LogP contribution in [-0.4, -0.2) is 50.5 Å². The molecule has 0 unspecified atom stereocenters. The minimum atomic E-state index is -0.154. The van der Waals surface area contributed by atoms with E-state index in [4.69, 9.17) is 0 Å². The zero-order valence-electron chi connectivity index (χ0n) is 14.3. The molecule has 0 radical (unpaired) electrons. The van der Waals surface area contributed by atoms with Crippen molar-refractivity contribution in [1.29, 1.82) is 0 Å². The fourth-order valence-corrected chi connectivity index (χ4v) is 2.92. The molecule has 8 heteroatoms. The quantitative estimate of drug-likeness (QED) is 0.708. The summed E-state index contributed by atoms with van der Waals surface area (Å²) in [6.45, 7) is 7.54. The molecule has 0 atom stereocenters. The van der Waals surface area contributed by atoms with Crippen molar-refractivity contribution in [3.63, 3.8) is 0 Å². The van der Waals surface area contributed by atoms with Crippen LogP contribution < -0.4 is 10.6 Å². The lowest BCUT2D eigenvalue weighted by molar-refractivity contribution is 0.0949. The second-order valence-corrected chi connectivity index (χ2v) is 6.57. The van der Waals surface area contributed by atoms with Crippen LogP contribution in [0.3, 0.4) is 0 Å². The van der Waals surface area contributed by atoms with Gasteiger partial charge in [-0.25, -0.2) is 0 Å². The largest absolute Gasteiger partial charge is 0.350 e. The Labute approximate surface area is 141 Å². The number of amides is 1. The van der Waals surface area contributed by atoms with Gasteiger partial charge in [0.25, 0.3) is 5.91 Å². The van der Waals surface area contributed by atoms with Crippen molar-refractivity contribution in [2.24, 2.45) is 5.92 Å². The summed E-state index contributed by atoms with van der Waals surface area (Å²) in [6, 6.07) is 1.82. The van der Waals surface area contributed by atoms with Gasteiger partial charge in [0.05, 0.1) is 0 Å². The molecule has 1 aliphatic heterocycles. The second kappa shape index (κ2) is 7.57. The maximum Gasteiger partial charge on any atom is 0.271 e. The van der Waals surface area contributed by atoms with Crippen molar-refractivity contribution in [2.75, 3.05) is 19.6 Å². The number of carbonyl (C=O) groups is 1. The summed E-state index contributed by atoms with van der Waals surface area (Å²) in [5.74, 6) is 2.32. The number of nitrogens with one attached hydrogen (secondary N) is 3. The fourth-order valence-electron chi connectivity index (χ4n) is 2.92. The topological polar surface area (TPSA) is 101 Å². The number of H-pyrrole nitrogens is 1. The highest BCUT2D eigenvalue weighted by Gasteiger charge is 2.15. The first-order valence-electron chi connectivity index (χ1n) is 8.57. The third-order valence-corrected chi connectivity index (χ3v) is 4.07. The van der Waals surface area contributed by atoms with E-state index in [1.165, 1.54) is 0 Å². The molecule has 0 saturated carbocycles. The lowest BCUT2D eigenvalue weighted by Crippen LogP contribution is -2.27. The van der Waals surface area contributed by atoms with Crippen molar-refractivity contribution >= 4 is 5.91 Å². The van der Waals surface area contributed by atoms with Gasteiger partial charge in [0, 0.05) is 44.7 Å². The summed E-state index contributed by atoms with van der Waals surface area (Å²) >= 11 is 0. The van der Waals surface area contributed by atoms with Gasteiger partial charge < -0.3 is 15.2 Å². The van der Waals surface area contributed by atoms with E-state index in [0.29, 0.717) is 24.6 Å². The number of nitrogens with zero attached hydrogens (tertiary/aromatic N) is 4. The molecule has 0 saturated heterocycles. The second-order valence-electron chi connectivity index (χ2n) is 6.57. The van der Waals surface area contributed by atoms with E-state index in [2.05, 4.69) is 49.4 Å². The normalized spacial score (nSPS) is 14.5. The Morgan fingerprint density at radius 2 is 2.25 bits per heavy atom. The van der Waals surface area contributed by atoms with Gasteiger partial charge in [0.1, 0.15) is 17.3 Å². The lowest BCUT2D eigenvalue weighted by Gasteiger charge is -2.07. The van der Waals surface area contributed by atoms with Gasteiger partial charge in [-0.2, -0.15) is 5.10 Å². The standard InChI is InChI=1S/C16H25N7O/c1-11(2)9-12-10-13(20-19-12)16(24)18-6-4-15-22-21-14-3-5-17-7-8-23(14)15/h10-11,17H,3-9H2,1-2H3,(H,18,24)(H,19,20). The molecule has 0 spiro atoms. The minimum absolute atomic E-state index is 0.154. The Morgan fingerprint density at radius 3 is 3.08 bits per heavy atom. The van der Waals surface area contributed by atoms with Crippen molar-refractivity contribution in [2.45, 2.75) is 39.7 Å². The van der Waals surface area contributed by atoms with E-state index in [1.807, 2.05) is 6.07 Å². The molecule has 1 aliphatic rings. The maximum atomic E-state index is 12.2. The first-order chi connectivity index (χ1) is 11.6. The molecule has 1 amide bonds. The SMILES string of the molecule is CC(C)Cc1cc(C(=O)NCCc2nnc3n2CCNCC3)n[nH]1. The first-order valence-corrected chi connectivity index (χ1v) is 8.57. The maximum absolute atomic E-state index is 12.2. The van der Waals surface area contributed by atoms with E-state index in [-0.39, 0.29) is 5.91 Å². The highest BCUT2D eigenvalue weighted by Crippen LogP contribution is 2.08. The van der Waals surface area contributed by atoms with Crippen molar-refractivity contribution in [1.82, 2.24) is 35.6 Å². The minimum Gasteiger partial charge on any atom is -0.350 e. The zero-order chi connectivity index (χ0) is 16.9. The smallest absolute Gasteiger partial charge is 0.271 e. The summed E-state index contributed by atoms with van der Waals surface area (Å²) in [5, 5.41) is 21.8.